The Labute approximate surface area is 77.7 Å². The van der Waals surface area contributed by atoms with Crippen LogP contribution in [0.5, 0.6) is 0 Å². The van der Waals surface area contributed by atoms with Crippen molar-refractivity contribution in [3.63, 3.8) is 0 Å². The van der Waals surface area contributed by atoms with E-state index in [1.807, 2.05) is 0 Å². The topological polar surface area (TPSA) is 26.0 Å². The lowest BCUT2D eigenvalue weighted by atomic mass is 9.82. The maximum Gasteiger partial charge on any atom is -0.00745 e. The highest BCUT2D eigenvalue weighted by Crippen LogP contribution is 2.25. The summed E-state index contributed by atoms with van der Waals surface area (Å²) in [4.78, 5) is 0. The first-order valence-electron chi connectivity index (χ1n) is 5.11. The molecule has 0 unspecified atom stereocenters. The van der Waals surface area contributed by atoms with Gasteiger partial charge in [-0.05, 0) is 43.6 Å². The molecule has 0 aromatic rings. The van der Waals surface area contributed by atoms with Gasteiger partial charge in [0.25, 0.3) is 0 Å². The zero-order valence-corrected chi connectivity index (χ0v) is 9.01. The predicted molar refractivity (Wildman–Crippen MR) is 55.8 cm³/mol. The zero-order valence-electron chi connectivity index (χ0n) is 9.01. The van der Waals surface area contributed by atoms with Gasteiger partial charge in [0.15, 0.2) is 0 Å². The zero-order chi connectivity index (χ0) is 9.56. The number of unbranched alkanes of at least 4 members (excludes halogenated alkanes) is 1. The van der Waals surface area contributed by atoms with Gasteiger partial charge in [0, 0.05) is 0 Å². The summed E-state index contributed by atoms with van der Waals surface area (Å²) in [5, 5.41) is 0. The van der Waals surface area contributed by atoms with Gasteiger partial charge < -0.3 is 5.73 Å². The quantitative estimate of drug-likeness (QED) is 0.609. The molecule has 0 saturated carbocycles. The first-order chi connectivity index (χ1) is 5.59. The fraction of sp³-hybridized carbons (Fsp3) is 0.909. The molecule has 12 heavy (non-hydrogen) atoms. The fourth-order valence-corrected chi connectivity index (χ4v) is 1.74. The molecule has 0 atom stereocenters. The van der Waals surface area contributed by atoms with Crippen molar-refractivity contribution < 1.29 is 0 Å². The van der Waals surface area contributed by atoms with Gasteiger partial charge in [-0.25, -0.2) is 0 Å². The van der Waals surface area contributed by atoms with E-state index in [0.717, 1.165) is 30.7 Å². The smallest absolute Gasteiger partial charge is 0.00745 e. The van der Waals surface area contributed by atoms with E-state index in [0.29, 0.717) is 0 Å². The predicted octanol–water partition coefficient (Wildman–Crippen LogP) is 2.86. The number of hydrogen-bond donors (Lipinski definition) is 1. The van der Waals surface area contributed by atoms with Crippen molar-refractivity contribution in [1.82, 2.24) is 0 Å². The Balaban J connectivity index is 3.64. The minimum absolute atomic E-state index is 0.791. The second-order valence-electron chi connectivity index (χ2n) is 4.25. The lowest BCUT2D eigenvalue weighted by Crippen LogP contribution is -2.16. The molecule has 0 spiro atoms. The van der Waals surface area contributed by atoms with Crippen LogP contribution in [-0.2, 0) is 0 Å². The van der Waals surface area contributed by atoms with Crippen molar-refractivity contribution in [2.24, 2.45) is 23.5 Å². The average molecular weight is 170 g/mol. The van der Waals surface area contributed by atoms with E-state index in [4.69, 9.17) is 5.73 Å². The van der Waals surface area contributed by atoms with Crippen LogP contribution in [0.15, 0.2) is 0 Å². The molecule has 0 aromatic carbocycles. The highest BCUT2D eigenvalue weighted by molar-refractivity contribution is 4.75. The molecule has 0 aromatic heterocycles. The van der Waals surface area contributed by atoms with E-state index in [2.05, 4.69) is 34.1 Å². The third-order valence-electron chi connectivity index (χ3n) is 2.52. The summed E-state index contributed by atoms with van der Waals surface area (Å²) >= 11 is 0. The van der Waals surface area contributed by atoms with E-state index >= 15 is 0 Å². The molecule has 0 fully saturated rings. The van der Waals surface area contributed by atoms with Crippen molar-refractivity contribution in [3.05, 3.63) is 6.42 Å². The highest BCUT2D eigenvalue weighted by atomic mass is 14.5. The summed E-state index contributed by atoms with van der Waals surface area (Å²) in [6.07, 6.45) is 4.63. The van der Waals surface area contributed by atoms with Gasteiger partial charge in [0.2, 0.25) is 0 Å². The largest absolute Gasteiger partial charge is 0.330 e. The molecule has 0 heterocycles. The lowest BCUT2D eigenvalue weighted by molar-refractivity contribution is 0.282. The summed E-state index contributed by atoms with van der Waals surface area (Å²) in [7, 11) is 0. The molecular formula is C11H24N. The lowest BCUT2D eigenvalue weighted by Gasteiger charge is -2.24. The van der Waals surface area contributed by atoms with Crippen LogP contribution in [0.4, 0.5) is 0 Å². The Kier molecular flexibility index (Phi) is 6.45. The molecular weight excluding hydrogens is 146 g/mol. The molecule has 1 nitrogen and oxygen atoms in total. The van der Waals surface area contributed by atoms with E-state index in [1.165, 1.54) is 6.42 Å². The van der Waals surface area contributed by atoms with Crippen LogP contribution in [-0.4, -0.2) is 6.54 Å². The van der Waals surface area contributed by atoms with E-state index in [-0.39, 0.29) is 0 Å². The maximum absolute atomic E-state index is 5.44. The Bertz CT molecular complexity index is 89.2. The molecule has 1 radical (unpaired) electrons. The second kappa shape index (κ2) is 6.47. The molecule has 2 N–H and O–H groups in total. The third-order valence-corrected chi connectivity index (χ3v) is 2.52. The van der Waals surface area contributed by atoms with Crippen molar-refractivity contribution in [3.8, 4) is 0 Å². The molecule has 0 rings (SSSR count). The first-order valence-corrected chi connectivity index (χ1v) is 5.11. The second-order valence-corrected chi connectivity index (χ2v) is 4.25. The minimum Gasteiger partial charge on any atom is -0.330 e. The van der Waals surface area contributed by atoms with E-state index < -0.39 is 0 Å². The highest BCUT2D eigenvalue weighted by Gasteiger charge is 2.16. The number of rotatable bonds is 6. The summed E-state index contributed by atoms with van der Waals surface area (Å²) in [6, 6.07) is 0. The molecule has 0 saturated heterocycles. The molecule has 0 aliphatic rings. The van der Waals surface area contributed by atoms with Crippen molar-refractivity contribution in [2.75, 3.05) is 6.54 Å². The average Bonchev–Trinajstić information content (AvgIpc) is 1.96. The molecule has 0 bridgehead atoms. The van der Waals surface area contributed by atoms with Crippen LogP contribution in [0, 0.1) is 24.2 Å². The minimum atomic E-state index is 0.791. The molecule has 0 aliphatic heterocycles. The maximum atomic E-state index is 5.44. The number of hydrogen-bond acceptors (Lipinski definition) is 1. The van der Waals surface area contributed by atoms with Gasteiger partial charge in [-0.15, -0.1) is 0 Å². The molecule has 1 heteroatoms. The van der Waals surface area contributed by atoms with E-state index in [9.17, 15) is 0 Å². The van der Waals surface area contributed by atoms with Crippen LogP contribution >= 0.6 is 0 Å². The van der Waals surface area contributed by atoms with Crippen LogP contribution in [0.25, 0.3) is 0 Å². The van der Waals surface area contributed by atoms with Crippen LogP contribution in [0.1, 0.15) is 40.5 Å². The summed E-state index contributed by atoms with van der Waals surface area (Å²) in [5.74, 6) is 2.41. The van der Waals surface area contributed by atoms with Crippen LogP contribution in [0.2, 0.25) is 0 Å². The van der Waals surface area contributed by atoms with Gasteiger partial charge in [-0.1, -0.05) is 27.7 Å². The van der Waals surface area contributed by atoms with Crippen LogP contribution in [0.3, 0.4) is 0 Å². The summed E-state index contributed by atoms with van der Waals surface area (Å²) < 4.78 is 0. The summed E-state index contributed by atoms with van der Waals surface area (Å²) in [6.45, 7) is 10.0. The standard InChI is InChI=1S/C11H24N/c1-9(2)11(10(3)4)7-5-6-8-12/h5,9-11H,6-8,12H2,1-4H3. The van der Waals surface area contributed by atoms with Crippen molar-refractivity contribution >= 4 is 0 Å². The normalized spacial score (nSPS) is 12.0. The number of nitrogens with two attached hydrogens (primary N) is 1. The Morgan fingerprint density at radius 2 is 1.58 bits per heavy atom. The van der Waals surface area contributed by atoms with Gasteiger partial charge >= 0.3 is 0 Å². The first kappa shape index (κ1) is 12.0. The van der Waals surface area contributed by atoms with Gasteiger partial charge in [-0.3, -0.25) is 0 Å². The van der Waals surface area contributed by atoms with Crippen molar-refractivity contribution in [2.45, 2.75) is 40.5 Å². The van der Waals surface area contributed by atoms with Crippen molar-refractivity contribution in [1.29, 1.82) is 0 Å². The Morgan fingerprint density at radius 1 is 1.08 bits per heavy atom. The third kappa shape index (κ3) is 4.76. The van der Waals surface area contributed by atoms with Crippen LogP contribution < -0.4 is 5.73 Å². The molecule has 0 aliphatic carbocycles. The monoisotopic (exact) mass is 170 g/mol. The fourth-order valence-electron chi connectivity index (χ4n) is 1.74. The Hall–Kier alpha value is -0.0400. The molecule has 0 amide bonds. The van der Waals surface area contributed by atoms with Gasteiger partial charge in [0.1, 0.15) is 0 Å². The Morgan fingerprint density at radius 3 is 1.92 bits per heavy atom. The molecule has 73 valence electrons. The van der Waals surface area contributed by atoms with E-state index in [1.54, 1.807) is 0 Å². The van der Waals surface area contributed by atoms with Gasteiger partial charge in [-0.2, -0.15) is 0 Å². The van der Waals surface area contributed by atoms with Gasteiger partial charge in [0.05, 0.1) is 0 Å². The SMILES string of the molecule is CC(C)C(C[CH]CCN)C(C)C. The summed E-state index contributed by atoms with van der Waals surface area (Å²) in [5.41, 5.74) is 5.44.